The van der Waals surface area contributed by atoms with Crippen LogP contribution in [0.5, 0.6) is 5.75 Å². The van der Waals surface area contributed by atoms with E-state index in [1.165, 1.54) is 0 Å². The number of amides is 1. The van der Waals surface area contributed by atoms with Gasteiger partial charge in [0.25, 0.3) is 5.91 Å². The van der Waals surface area contributed by atoms with E-state index in [0.717, 1.165) is 38.7 Å². The van der Waals surface area contributed by atoms with Crippen LogP contribution in [-0.4, -0.2) is 29.5 Å². The van der Waals surface area contributed by atoms with Crippen LogP contribution in [0.2, 0.25) is 0 Å². The van der Waals surface area contributed by atoms with Gasteiger partial charge in [0, 0.05) is 40.5 Å². The summed E-state index contributed by atoms with van der Waals surface area (Å²) in [5, 5.41) is 5.30. The van der Waals surface area contributed by atoms with E-state index in [0.29, 0.717) is 12.2 Å². The first kappa shape index (κ1) is 19.0. The number of hydrogen-bond donors (Lipinski definition) is 3. The van der Waals surface area contributed by atoms with Crippen LogP contribution in [0.25, 0.3) is 21.8 Å². The minimum absolute atomic E-state index is 0.00427. The van der Waals surface area contributed by atoms with Gasteiger partial charge in [-0.2, -0.15) is 0 Å². The van der Waals surface area contributed by atoms with Crippen molar-refractivity contribution >= 4 is 27.7 Å². The fourth-order valence-electron chi connectivity index (χ4n) is 4.11. The number of carbonyl (C=O) groups is 1. The second kappa shape index (κ2) is 8.03. The molecule has 0 aliphatic heterocycles. The number of H-pyrrole nitrogens is 2. The smallest absolute Gasteiger partial charge is 0.267 e. The summed E-state index contributed by atoms with van der Waals surface area (Å²) >= 11 is 0. The molecular formula is C26H23N3O2. The second-order valence-electron chi connectivity index (χ2n) is 7.60. The summed E-state index contributed by atoms with van der Waals surface area (Å²) in [6, 6.07) is 26.0. The van der Waals surface area contributed by atoms with Crippen molar-refractivity contribution in [2.24, 2.45) is 0 Å². The van der Waals surface area contributed by atoms with Crippen molar-refractivity contribution in [2.75, 3.05) is 13.7 Å². The number of aromatic nitrogens is 2. The van der Waals surface area contributed by atoms with E-state index in [1.807, 2.05) is 60.8 Å². The molecule has 1 atom stereocenters. The topological polar surface area (TPSA) is 69.9 Å². The monoisotopic (exact) mass is 409 g/mol. The number of carbonyl (C=O) groups excluding carboxylic acids is 1. The molecule has 154 valence electrons. The average molecular weight is 409 g/mol. The number of para-hydroxylation sites is 2. The van der Waals surface area contributed by atoms with Gasteiger partial charge in [-0.25, -0.2) is 0 Å². The summed E-state index contributed by atoms with van der Waals surface area (Å²) in [4.78, 5) is 19.5. The fraction of sp³-hybridized carbons (Fsp3) is 0.115. The van der Waals surface area contributed by atoms with Gasteiger partial charge in [-0.05, 0) is 41.5 Å². The first-order valence-corrected chi connectivity index (χ1v) is 10.3. The Kier molecular flexibility index (Phi) is 4.92. The van der Waals surface area contributed by atoms with Crippen LogP contribution in [-0.2, 0) is 0 Å². The standard InChI is InChI=1S/C26H23N3O2/c1-31-19-12-10-17(11-13-19)21(22-16-27-24-9-5-3-7-20(22)24)15-28-26(30)25-14-18-6-2-4-8-23(18)29-25/h2-14,16,21,27,29H,15H2,1H3,(H,28,30). The Labute approximate surface area is 180 Å². The Morgan fingerprint density at radius 2 is 1.71 bits per heavy atom. The predicted molar refractivity (Wildman–Crippen MR) is 124 cm³/mol. The molecule has 0 radical (unpaired) electrons. The molecule has 1 amide bonds. The molecular weight excluding hydrogens is 386 g/mol. The van der Waals surface area contributed by atoms with Gasteiger partial charge in [-0.15, -0.1) is 0 Å². The van der Waals surface area contributed by atoms with Crippen molar-refractivity contribution in [3.05, 3.63) is 102 Å². The van der Waals surface area contributed by atoms with Gasteiger partial charge in [-0.1, -0.05) is 48.5 Å². The van der Waals surface area contributed by atoms with E-state index in [9.17, 15) is 4.79 Å². The molecule has 31 heavy (non-hydrogen) atoms. The molecule has 5 heteroatoms. The minimum atomic E-state index is -0.116. The molecule has 0 saturated carbocycles. The van der Waals surface area contributed by atoms with Crippen LogP contribution in [0, 0.1) is 0 Å². The lowest BCUT2D eigenvalue weighted by Gasteiger charge is -2.18. The Bertz CT molecular complexity index is 1320. The average Bonchev–Trinajstić information content (AvgIpc) is 3.44. The first-order chi connectivity index (χ1) is 15.2. The molecule has 0 aliphatic carbocycles. The first-order valence-electron chi connectivity index (χ1n) is 10.3. The Hall–Kier alpha value is -3.99. The van der Waals surface area contributed by atoms with Crippen molar-refractivity contribution in [1.82, 2.24) is 15.3 Å². The molecule has 5 aromatic rings. The van der Waals surface area contributed by atoms with Crippen molar-refractivity contribution in [3.8, 4) is 5.75 Å². The van der Waals surface area contributed by atoms with Crippen molar-refractivity contribution in [3.63, 3.8) is 0 Å². The van der Waals surface area contributed by atoms with Crippen LogP contribution >= 0.6 is 0 Å². The highest BCUT2D eigenvalue weighted by molar-refractivity contribution is 5.98. The van der Waals surface area contributed by atoms with E-state index in [4.69, 9.17) is 4.74 Å². The van der Waals surface area contributed by atoms with Crippen LogP contribution in [0.1, 0.15) is 27.5 Å². The van der Waals surface area contributed by atoms with Gasteiger partial charge in [0.1, 0.15) is 11.4 Å². The summed E-state index contributed by atoms with van der Waals surface area (Å²) in [5.41, 5.74) is 4.86. The number of fused-ring (bicyclic) bond motifs is 2. The van der Waals surface area contributed by atoms with Gasteiger partial charge >= 0.3 is 0 Å². The maximum atomic E-state index is 12.9. The van der Waals surface area contributed by atoms with E-state index in [1.54, 1.807) is 7.11 Å². The van der Waals surface area contributed by atoms with E-state index < -0.39 is 0 Å². The maximum Gasteiger partial charge on any atom is 0.267 e. The molecule has 0 fully saturated rings. The molecule has 0 spiro atoms. The highest BCUT2D eigenvalue weighted by atomic mass is 16.5. The van der Waals surface area contributed by atoms with Gasteiger partial charge in [0.05, 0.1) is 7.11 Å². The molecule has 5 rings (SSSR count). The third-order valence-corrected chi connectivity index (χ3v) is 5.76. The number of nitrogens with one attached hydrogen (secondary N) is 3. The van der Waals surface area contributed by atoms with Crippen molar-refractivity contribution < 1.29 is 9.53 Å². The van der Waals surface area contributed by atoms with Crippen molar-refractivity contribution in [2.45, 2.75) is 5.92 Å². The maximum absolute atomic E-state index is 12.9. The lowest BCUT2D eigenvalue weighted by Crippen LogP contribution is -2.29. The van der Waals surface area contributed by atoms with Gasteiger partial charge in [-0.3, -0.25) is 4.79 Å². The molecule has 2 heterocycles. The Balaban J connectivity index is 1.45. The number of rotatable bonds is 6. The fourth-order valence-corrected chi connectivity index (χ4v) is 4.11. The molecule has 0 aliphatic rings. The van der Waals surface area contributed by atoms with Gasteiger partial charge in [0.15, 0.2) is 0 Å². The van der Waals surface area contributed by atoms with Crippen molar-refractivity contribution in [1.29, 1.82) is 0 Å². The van der Waals surface area contributed by atoms with E-state index >= 15 is 0 Å². The van der Waals surface area contributed by atoms with Crippen LogP contribution < -0.4 is 10.1 Å². The lowest BCUT2D eigenvalue weighted by molar-refractivity contribution is 0.0948. The quantitative estimate of drug-likeness (QED) is 0.360. The number of methoxy groups -OCH3 is 1. The third-order valence-electron chi connectivity index (χ3n) is 5.76. The normalized spacial score (nSPS) is 12.2. The highest BCUT2D eigenvalue weighted by Crippen LogP contribution is 2.31. The number of ether oxygens (including phenoxy) is 1. The molecule has 2 aromatic heterocycles. The Morgan fingerprint density at radius 1 is 0.968 bits per heavy atom. The third kappa shape index (κ3) is 3.66. The minimum Gasteiger partial charge on any atom is -0.497 e. The lowest BCUT2D eigenvalue weighted by atomic mass is 9.90. The van der Waals surface area contributed by atoms with E-state index in [-0.39, 0.29) is 11.8 Å². The summed E-state index contributed by atoms with van der Waals surface area (Å²) in [7, 11) is 1.66. The summed E-state index contributed by atoms with van der Waals surface area (Å²) < 4.78 is 5.31. The van der Waals surface area contributed by atoms with Crippen LogP contribution in [0.3, 0.4) is 0 Å². The zero-order valence-corrected chi connectivity index (χ0v) is 17.2. The van der Waals surface area contributed by atoms with E-state index in [2.05, 4.69) is 39.6 Å². The second-order valence-corrected chi connectivity index (χ2v) is 7.60. The Morgan fingerprint density at radius 3 is 2.48 bits per heavy atom. The SMILES string of the molecule is COc1ccc(C(CNC(=O)c2cc3ccccc3[nH]2)c2c[nH]c3ccccc23)cc1. The molecule has 5 nitrogen and oxygen atoms in total. The van der Waals surface area contributed by atoms with Crippen LogP contribution in [0.4, 0.5) is 0 Å². The number of hydrogen-bond acceptors (Lipinski definition) is 2. The molecule has 0 bridgehead atoms. The molecule has 0 saturated heterocycles. The molecule has 3 N–H and O–H groups in total. The molecule has 1 unspecified atom stereocenters. The summed E-state index contributed by atoms with van der Waals surface area (Å²) in [6.45, 7) is 0.475. The highest BCUT2D eigenvalue weighted by Gasteiger charge is 2.20. The number of aromatic amines is 2. The largest absolute Gasteiger partial charge is 0.497 e. The predicted octanol–water partition coefficient (Wildman–Crippen LogP) is 5.22. The van der Waals surface area contributed by atoms with Crippen LogP contribution in [0.15, 0.2) is 85.1 Å². The zero-order chi connectivity index (χ0) is 21.2. The summed E-state index contributed by atoms with van der Waals surface area (Å²) in [5.74, 6) is 0.688. The van der Waals surface area contributed by atoms with Gasteiger partial charge in [0.2, 0.25) is 0 Å². The van der Waals surface area contributed by atoms with Gasteiger partial charge < -0.3 is 20.0 Å². The molecule has 3 aromatic carbocycles. The zero-order valence-electron chi connectivity index (χ0n) is 17.2. The summed E-state index contributed by atoms with van der Waals surface area (Å²) in [6.07, 6.45) is 2.04. The number of benzene rings is 3.